The van der Waals surface area contributed by atoms with Gasteiger partial charge in [0.25, 0.3) is 5.71 Å². The van der Waals surface area contributed by atoms with Gasteiger partial charge in [0.05, 0.1) is 17.3 Å². The normalized spacial score (nSPS) is 19.8. The summed E-state index contributed by atoms with van der Waals surface area (Å²) in [5.74, 6) is 1.54. The highest BCUT2D eigenvalue weighted by atomic mass is 16.5. The molecule has 5 rings (SSSR count). The summed E-state index contributed by atoms with van der Waals surface area (Å²) in [5.41, 5.74) is 3.46. The molecule has 1 aromatic carbocycles. The van der Waals surface area contributed by atoms with E-state index in [1.807, 2.05) is 38.2 Å². The van der Waals surface area contributed by atoms with Crippen molar-refractivity contribution in [2.45, 2.75) is 26.4 Å². The molecule has 0 spiro atoms. The molecule has 0 aliphatic carbocycles. The fourth-order valence-corrected chi connectivity index (χ4v) is 4.14. The smallest absolute Gasteiger partial charge is 0.263 e. The molecule has 7 heteroatoms. The molecule has 1 aliphatic rings. The Morgan fingerprint density at radius 3 is 2.89 bits per heavy atom. The average Bonchev–Trinajstić information content (AvgIpc) is 3.24. The number of hydrogen-bond acceptors (Lipinski definition) is 7. The Balaban J connectivity index is 1.47. The molecule has 4 heterocycles. The Morgan fingerprint density at radius 2 is 2.00 bits per heavy atom. The second kappa shape index (κ2) is 6.53. The van der Waals surface area contributed by atoms with Crippen LogP contribution in [0, 0.1) is 19.8 Å². The van der Waals surface area contributed by atoms with Crippen molar-refractivity contribution in [2.24, 2.45) is 5.92 Å². The highest BCUT2D eigenvalue weighted by molar-refractivity contribution is 5.88. The molecule has 3 aromatic heterocycles. The molecule has 1 N–H and O–H groups in total. The second-order valence-electron chi connectivity index (χ2n) is 7.47. The van der Waals surface area contributed by atoms with Crippen LogP contribution in [-0.2, 0) is 6.42 Å². The molecule has 1 aliphatic heterocycles. The average molecular weight is 375 g/mol. The van der Waals surface area contributed by atoms with E-state index in [2.05, 4.69) is 37.1 Å². The maximum Gasteiger partial charge on any atom is 0.263 e. The summed E-state index contributed by atoms with van der Waals surface area (Å²) in [4.78, 5) is 15.5. The number of para-hydroxylation sites is 1. The third-order valence-electron chi connectivity index (χ3n) is 5.53. The Labute approximate surface area is 162 Å². The van der Waals surface area contributed by atoms with Crippen molar-refractivity contribution in [1.29, 1.82) is 0 Å². The van der Waals surface area contributed by atoms with E-state index < -0.39 is 6.10 Å². The quantitative estimate of drug-likeness (QED) is 0.589. The predicted molar refractivity (Wildman–Crippen MR) is 106 cm³/mol. The van der Waals surface area contributed by atoms with E-state index in [9.17, 15) is 5.11 Å². The molecule has 2 atom stereocenters. The van der Waals surface area contributed by atoms with Crippen LogP contribution in [0.3, 0.4) is 0 Å². The van der Waals surface area contributed by atoms with Crippen molar-refractivity contribution >= 4 is 27.8 Å². The summed E-state index contributed by atoms with van der Waals surface area (Å²) >= 11 is 0. The number of nitrogens with zero attached hydrogens (tertiary/aromatic N) is 5. The summed E-state index contributed by atoms with van der Waals surface area (Å²) < 4.78 is 5.33. The zero-order chi connectivity index (χ0) is 19.3. The van der Waals surface area contributed by atoms with Gasteiger partial charge in [-0.25, -0.2) is 4.98 Å². The molecular formula is C21H21N5O2. The summed E-state index contributed by atoms with van der Waals surface area (Å²) in [6.45, 7) is 4.98. The molecule has 0 amide bonds. The van der Waals surface area contributed by atoms with Crippen molar-refractivity contribution < 1.29 is 9.63 Å². The standard InChI is InChI=1S/C21H21N5O2/c1-12-19-20(23-13(2)24-21(19)28-25-12)26-10-15(18(27)11-26)9-14-7-8-22-17-6-4-3-5-16(14)17/h3-8,15,18,27H,9-11H2,1-2H3/t15-,18-/m1/s1. The van der Waals surface area contributed by atoms with Gasteiger partial charge in [-0.1, -0.05) is 23.4 Å². The molecule has 7 nitrogen and oxygen atoms in total. The van der Waals surface area contributed by atoms with Gasteiger partial charge in [-0.3, -0.25) is 4.98 Å². The van der Waals surface area contributed by atoms with Crippen molar-refractivity contribution in [3.63, 3.8) is 0 Å². The van der Waals surface area contributed by atoms with E-state index in [4.69, 9.17) is 4.52 Å². The first-order valence-corrected chi connectivity index (χ1v) is 9.46. The topological polar surface area (TPSA) is 88.2 Å². The van der Waals surface area contributed by atoms with Gasteiger partial charge in [-0.2, -0.15) is 4.98 Å². The van der Waals surface area contributed by atoms with Crippen LogP contribution in [0.5, 0.6) is 0 Å². The fourth-order valence-electron chi connectivity index (χ4n) is 4.14. The van der Waals surface area contributed by atoms with Gasteiger partial charge in [0.1, 0.15) is 17.0 Å². The first kappa shape index (κ1) is 17.1. The molecule has 1 saturated heterocycles. The maximum atomic E-state index is 10.8. The van der Waals surface area contributed by atoms with Gasteiger partial charge in [-0.05, 0) is 38.0 Å². The molecule has 142 valence electrons. The zero-order valence-electron chi connectivity index (χ0n) is 15.8. The van der Waals surface area contributed by atoms with Gasteiger partial charge in [-0.15, -0.1) is 0 Å². The summed E-state index contributed by atoms with van der Waals surface area (Å²) in [6, 6.07) is 10.2. The third-order valence-corrected chi connectivity index (χ3v) is 5.53. The predicted octanol–water partition coefficient (Wildman–Crippen LogP) is 2.82. The van der Waals surface area contributed by atoms with Crippen LogP contribution in [0.1, 0.15) is 17.1 Å². The Bertz CT molecular complexity index is 1170. The van der Waals surface area contributed by atoms with Gasteiger partial charge in [0, 0.05) is 30.6 Å². The fraction of sp³-hybridized carbons (Fsp3) is 0.333. The first-order chi connectivity index (χ1) is 13.6. The Hall–Kier alpha value is -3.06. The summed E-state index contributed by atoms with van der Waals surface area (Å²) in [5, 5.41) is 16.8. The number of pyridine rings is 1. The Kier molecular flexibility index (Phi) is 3.98. The number of β-amino-alcohol motifs (C(OH)–C–C–N with tert-alkyl or cyclic N) is 1. The van der Waals surface area contributed by atoms with Crippen molar-refractivity contribution in [3.05, 3.63) is 53.6 Å². The lowest BCUT2D eigenvalue weighted by Gasteiger charge is -2.18. The molecular weight excluding hydrogens is 354 g/mol. The SMILES string of the molecule is Cc1nc(N2C[C@@H](Cc3ccnc4ccccc34)[C@H](O)C2)c2c(C)noc2n1. The number of hydrogen-bond donors (Lipinski definition) is 1. The largest absolute Gasteiger partial charge is 0.391 e. The van der Waals surface area contributed by atoms with Crippen LogP contribution < -0.4 is 4.90 Å². The van der Waals surface area contributed by atoms with Crippen LogP contribution in [0.25, 0.3) is 22.0 Å². The minimum absolute atomic E-state index is 0.108. The lowest BCUT2D eigenvalue weighted by atomic mass is 9.94. The number of benzene rings is 1. The second-order valence-corrected chi connectivity index (χ2v) is 7.47. The van der Waals surface area contributed by atoms with Gasteiger partial charge >= 0.3 is 0 Å². The highest BCUT2D eigenvalue weighted by Gasteiger charge is 2.34. The van der Waals surface area contributed by atoms with Crippen molar-refractivity contribution in [1.82, 2.24) is 20.1 Å². The van der Waals surface area contributed by atoms with Gasteiger partial charge in [0.15, 0.2) is 0 Å². The molecule has 0 saturated carbocycles. The monoisotopic (exact) mass is 375 g/mol. The van der Waals surface area contributed by atoms with Crippen LogP contribution in [-0.4, -0.2) is 44.4 Å². The number of aryl methyl sites for hydroxylation is 2. The van der Waals surface area contributed by atoms with Gasteiger partial charge < -0.3 is 14.5 Å². The molecule has 0 unspecified atom stereocenters. The van der Waals surface area contributed by atoms with Crippen LogP contribution >= 0.6 is 0 Å². The number of aliphatic hydroxyl groups is 1. The number of anilines is 1. The van der Waals surface area contributed by atoms with Crippen LogP contribution in [0.4, 0.5) is 5.82 Å². The van der Waals surface area contributed by atoms with E-state index in [0.717, 1.165) is 34.2 Å². The lowest BCUT2D eigenvalue weighted by Crippen LogP contribution is -2.23. The number of fused-ring (bicyclic) bond motifs is 2. The molecule has 0 radical (unpaired) electrons. The van der Waals surface area contributed by atoms with E-state index >= 15 is 0 Å². The summed E-state index contributed by atoms with van der Waals surface area (Å²) in [6.07, 6.45) is 2.20. The Morgan fingerprint density at radius 1 is 1.14 bits per heavy atom. The van der Waals surface area contributed by atoms with E-state index in [1.165, 1.54) is 5.56 Å². The zero-order valence-corrected chi connectivity index (χ0v) is 15.8. The van der Waals surface area contributed by atoms with E-state index in [-0.39, 0.29) is 5.92 Å². The summed E-state index contributed by atoms with van der Waals surface area (Å²) in [7, 11) is 0. The maximum absolute atomic E-state index is 10.8. The van der Waals surface area contributed by atoms with E-state index in [0.29, 0.717) is 24.6 Å². The molecule has 0 bridgehead atoms. The minimum atomic E-state index is -0.433. The number of aromatic nitrogens is 4. The van der Waals surface area contributed by atoms with Crippen LogP contribution in [0.15, 0.2) is 41.1 Å². The molecule has 1 fully saturated rings. The van der Waals surface area contributed by atoms with E-state index in [1.54, 1.807) is 0 Å². The van der Waals surface area contributed by atoms with Crippen molar-refractivity contribution in [2.75, 3.05) is 18.0 Å². The molecule has 28 heavy (non-hydrogen) atoms. The molecule has 4 aromatic rings. The minimum Gasteiger partial charge on any atom is -0.391 e. The lowest BCUT2D eigenvalue weighted by molar-refractivity contribution is 0.148. The van der Waals surface area contributed by atoms with Gasteiger partial charge in [0.2, 0.25) is 0 Å². The number of rotatable bonds is 3. The first-order valence-electron chi connectivity index (χ1n) is 9.46. The van der Waals surface area contributed by atoms with Crippen LogP contribution in [0.2, 0.25) is 0 Å². The third kappa shape index (κ3) is 2.79. The number of aliphatic hydroxyl groups excluding tert-OH is 1. The van der Waals surface area contributed by atoms with Crippen molar-refractivity contribution in [3.8, 4) is 0 Å². The highest BCUT2D eigenvalue weighted by Crippen LogP contribution is 2.32.